The molecule has 0 fully saturated rings. The molecule has 1 nitrogen and oxygen atoms in total. The van der Waals surface area contributed by atoms with Crippen LogP contribution in [0.5, 0.6) is 0 Å². The number of anilines is 1. The third-order valence-corrected chi connectivity index (χ3v) is 3.34. The number of halogens is 4. The summed E-state index contributed by atoms with van der Waals surface area (Å²) in [5.74, 6) is -0.434. The fraction of sp³-hybridized carbons (Fsp3) is 0.0769. The Bertz CT molecular complexity index is 595. The summed E-state index contributed by atoms with van der Waals surface area (Å²) in [6.45, 7) is 0. The maximum Gasteiger partial charge on any atom is 0.418 e. The molecule has 0 aliphatic rings. The Kier molecular flexibility index (Phi) is 3.71. The number of hydrogen-bond acceptors (Lipinski definition) is 2. The van der Waals surface area contributed by atoms with Gasteiger partial charge in [-0.2, -0.15) is 13.2 Å². The van der Waals surface area contributed by atoms with Gasteiger partial charge in [0, 0.05) is 15.5 Å². The van der Waals surface area contributed by atoms with Gasteiger partial charge in [-0.25, -0.2) is 4.39 Å². The van der Waals surface area contributed by atoms with Crippen molar-refractivity contribution in [3.8, 4) is 0 Å². The molecule has 0 amide bonds. The molecule has 2 N–H and O–H groups in total. The van der Waals surface area contributed by atoms with E-state index in [0.717, 1.165) is 17.8 Å². The molecule has 0 unspecified atom stereocenters. The van der Waals surface area contributed by atoms with Crippen LogP contribution in [0.3, 0.4) is 0 Å². The Morgan fingerprint density at radius 3 is 2.26 bits per heavy atom. The molecule has 6 heteroatoms. The second kappa shape index (κ2) is 5.13. The highest BCUT2D eigenvalue weighted by molar-refractivity contribution is 7.99. The minimum absolute atomic E-state index is 0.323. The van der Waals surface area contributed by atoms with Crippen LogP contribution in [0.2, 0.25) is 0 Å². The number of alkyl halides is 3. The quantitative estimate of drug-likeness (QED) is 0.646. The predicted octanol–water partition coefficient (Wildman–Crippen LogP) is 4.58. The minimum atomic E-state index is -4.50. The van der Waals surface area contributed by atoms with E-state index in [2.05, 4.69) is 0 Å². The van der Waals surface area contributed by atoms with Gasteiger partial charge in [0.1, 0.15) is 5.82 Å². The van der Waals surface area contributed by atoms with Gasteiger partial charge in [-0.1, -0.05) is 17.8 Å². The van der Waals surface area contributed by atoms with E-state index in [0.29, 0.717) is 9.79 Å². The van der Waals surface area contributed by atoms with Crippen LogP contribution in [0, 0.1) is 5.82 Å². The topological polar surface area (TPSA) is 26.0 Å². The first-order valence-corrected chi connectivity index (χ1v) is 6.08. The van der Waals surface area contributed by atoms with Crippen molar-refractivity contribution in [2.45, 2.75) is 16.0 Å². The molecule has 0 saturated carbocycles. The lowest BCUT2D eigenvalue weighted by Gasteiger charge is -2.11. The van der Waals surface area contributed by atoms with Crippen LogP contribution in [-0.2, 0) is 6.18 Å². The number of hydrogen-bond donors (Lipinski definition) is 1. The van der Waals surface area contributed by atoms with E-state index in [-0.39, 0.29) is 5.69 Å². The second-order valence-electron chi connectivity index (χ2n) is 3.81. The van der Waals surface area contributed by atoms with E-state index in [4.69, 9.17) is 5.73 Å². The zero-order valence-corrected chi connectivity index (χ0v) is 10.4. The van der Waals surface area contributed by atoms with Crippen molar-refractivity contribution in [1.29, 1.82) is 0 Å². The summed E-state index contributed by atoms with van der Waals surface area (Å²) in [5.41, 5.74) is 4.10. The fourth-order valence-electron chi connectivity index (χ4n) is 1.51. The maximum atomic E-state index is 13.0. The van der Waals surface area contributed by atoms with Crippen LogP contribution in [0.1, 0.15) is 5.56 Å². The third kappa shape index (κ3) is 3.41. The summed E-state index contributed by atoms with van der Waals surface area (Å²) in [6, 6.07) is 9.29. The van der Waals surface area contributed by atoms with Gasteiger partial charge in [-0.15, -0.1) is 0 Å². The van der Waals surface area contributed by atoms with E-state index in [9.17, 15) is 17.6 Å². The molecule has 0 atom stereocenters. The Morgan fingerprint density at radius 2 is 1.63 bits per heavy atom. The lowest BCUT2D eigenvalue weighted by molar-refractivity contribution is -0.137. The normalized spacial score (nSPS) is 11.6. The maximum absolute atomic E-state index is 13.0. The minimum Gasteiger partial charge on any atom is -0.398 e. The molecule has 2 aromatic carbocycles. The monoisotopic (exact) mass is 287 g/mol. The average Bonchev–Trinajstić information content (AvgIpc) is 2.30. The molecule has 0 saturated heterocycles. The highest BCUT2D eigenvalue weighted by Crippen LogP contribution is 2.37. The lowest BCUT2D eigenvalue weighted by atomic mass is 10.2. The highest BCUT2D eigenvalue weighted by atomic mass is 32.2. The predicted molar refractivity (Wildman–Crippen MR) is 66.4 cm³/mol. The SMILES string of the molecule is Nc1ccc(Sc2cccc(F)c2)cc1C(F)(F)F. The van der Waals surface area contributed by atoms with Crippen LogP contribution in [0.15, 0.2) is 52.3 Å². The van der Waals surface area contributed by atoms with Crippen LogP contribution in [-0.4, -0.2) is 0 Å². The van der Waals surface area contributed by atoms with Crippen LogP contribution >= 0.6 is 11.8 Å². The summed E-state index contributed by atoms with van der Waals surface area (Å²) in [7, 11) is 0. The first kappa shape index (κ1) is 13.7. The largest absolute Gasteiger partial charge is 0.418 e. The van der Waals surface area contributed by atoms with Gasteiger partial charge in [0.05, 0.1) is 5.56 Å². The fourth-order valence-corrected chi connectivity index (χ4v) is 2.41. The molecule has 0 heterocycles. The summed E-state index contributed by atoms with van der Waals surface area (Å²) in [5, 5.41) is 0. The zero-order chi connectivity index (χ0) is 14.0. The molecule has 0 spiro atoms. The molecule has 2 rings (SSSR count). The number of benzene rings is 2. The van der Waals surface area contributed by atoms with Gasteiger partial charge in [0.15, 0.2) is 0 Å². The van der Waals surface area contributed by atoms with E-state index < -0.39 is 17.6 Å². The smallest absolute Gasteiger partial charge is 0.398 e. The van der Waals surface area contributed by atoms with Crippen LogP contribution in [0.25, 0.3) is 0 Å². The molecular formula is C13H9F4NS. The lowest BCUT2D eigenvalue weighted by Crippen LogP contribution is -2.08. The van der Waals surface area contributed by atoms with Crippen LogP contribution in [0.4, 0.5) is 23.2 Å². The van der Waals surface area contributed by atoms with Crippen molar-refractivity contribution in [2.75, 3.05) is 5.73 Å². The number of rotatable bonds is 2. The van der Waals surface area contributed by atoms with Crippen molar-refractivity contribution in [3.05, 3.63) is 53.8 Å². The standard InChI is InChI=1S/C13H9F4NS/c14-8-2-1-3-9(6-8)19-10-4-5-12(18)11(7-10)13(15,16)17/h1-7H,18H2. The van der Waals surface area contributed by atoms with Crippen LogP contribution < -0.4 is 5.73 Å². The second-order valence-corrected chi connectivity index (χ2v) is 4.95. The number of nitrogen functional groups attached to an aromatic ring is 1. The van der Waals surface area contributed by atoms with Crippen molar-refractivity contribution >= 4 is 17.4 Å². The van der Waals surface area contributed by atoms with Gasteiger partial charge < -0.3 is 5.73 Å². The molecule has 0 aliphatic heterocycles. The molecular weight excluding hydrogens is 278 g/mol. The van der Waals surface area contributed by atoms with Gasteiger partial charge in [-0.05, 0) is 36.4 Å². The summed E-state index contributed by atoms with van der Waals surface area (Å²) in [6.07, 6.45) is -4.50. The van der Waals surface area contributed by atoms with Crippen molar-refractivity contribution in [3.63, 3.8) is 0 Å². The molecule has 0 radical (unpaired) electrons. The summed E-state index contributed by atoms with van der Waals surface area (Å²) in [4.78, 5) is 0.880. The molecule has 19 heavy (non-hydrogen) atoms. The summed E-state index contributed by atoms with van der Waals surface area (Å²) < 4.78 is 51.0. The molecule has 0 aliphatic carbocycles. The molecule has 0 aromatic heterocycles. The van der Waals surface area contributed by atoms with Crippen molar-refractivity contribution in [1.82, 2.24) is 0 Å². The van der Waals surface area contributed by atoms with Gasteiger partial charge >= 0.3 is 6.18 Å². The van der Waals surface area contributed by atoms with Crippen molar-refractivity contribution < 1.29 is 17.6 Å². The van der Waals surface area contributed by atoms with E-state index in [1.54, 1.807) is 6.07 Å². The van der Waals surface area contributed by atoms with E-state index >= 15 is 0 Å². The van der Waals surface area contributed by atoms with E-state index in [1.807, 2.05) is 0 Å². The first-order valence-electron chi connectivity index (χ1n) is 5.26. The third-order valence-electron chi connectivity index (χ3n) is 2.36. The zero-order valence-electron chi connectivity index (χ0n) is 9.54. The first-order chi connectivity index (χ1) is 8.86. The Hall–Kier alpha value is -1.69. The van der Waals surface area contributed by atoms with Gasteiger partial charge in [-0.3, -0.25) is 0 Å². The van der Waals surface area contributed by atoms with Gasteiger partial charge in [0.2, 0.25) is 0 Å². The molecule has 100 valence electrons. The van der Waals surface area contributed by atoms with E-state index in [1.165, 1.54) is 30.3 Å². The Labute approximate surface area is 111 Å². The van der Waals surface area contributed by atoms with Gasteiger partial charge in [0.25, 0.3) is 0 Å². The number of nitrogens with two attached hydrogens (primary N) is 1. The van der Waals surface area contributed by atoms with Crippen molar-refractivity contribution in [2.24, 2.45) is 0 Å². The molecule has 0 bridgehead atoms. The average molecular weight is 287 g/mol. The Morgan fingerprint density at radius 1 is 0.947 bits per heavy atom. The molecule has 2 aromatic rings. The summed E-state index contributed by atoms with van der Waals surface area (Å²) >= 11 is 1.05. The highest BCUT2D eigenvalue weighted by Gasteiger charge is 2.33. The Balaban J connectivity index is 2.32.